The third-order valence-corrected chi connectivity index (χ3v) is 2.98. The standard InChI is InChI=1S/C9H19NOS/c1-9(8-12)2-3-10-4-6-11-7-5-10/h9,12H,2-8H2,1H3. The Morgan fingerprint density at radius 1 is 1.42 bits per heavy atom. The second-order valence-corrected chi connectivity index (χ2v) is 3.90. The fourth-order valence-corrected chi connectivity index (χ4v) is 1.50. The summed E-state index contributed by atoms with van der Waals surface area (Å²) in [6.07, 6.45) is 1.27. The van der Waals surface area contributed by atoms with E-state index in [4.69, 9.17) is 4.74 Å². The lowest BCUT2D eigenvalue weighted by molar-refractivity contribution is 0.0360. The van der Waals surface area contributed by atoms with E-state index in [1.165, 1.54) is 13.0 Å². The van der Waals surface area contributed by atoms with Crippen molar-refractivity contribution in [2.75, 3.05) is 38.6 Å². The average Bonchev–Trinajstić information content (AvgIpc) is 2.16. The molecule has 0 bridgehead atoms. The van der Waals surface area contributed by atoms with Crippen LogP contribution in [-0.4, -0.2) is 43.5 Å². The van der Waals surface area contributed by atoms with Crippen LogP contribution in [0.25, 0.3) is 0 Å². The normalized spacial score (nSPS) is 22.5. The van der Waals surface area contributed by atoms with Gasteiger partial charge in [-0.2, -0.15) is 12.6 Å². The first kappa shape index (κ1) is 10.4. The van der Waals surface area contributed by atoms with E-state index in [9.17, 15) is 0 Å². The van der Waals surface area contributed by atoms with Gasteiger partial charge in [-0.1, -0.05) is 6.92 Å². The highest BCUT2D eigenvalue weighted by Crippen LogP contribution is 2.06. The first-order valence-corrected chi connectivity index (χ1v) is 5.37. The van der Waals surface area contributed by atoms with Crippen molar-refractivity contribution in [3.63, 3.8) is 0 Å². The third kappa shape index (κ3) is 3.78. The molecule has 1 atom stereocenters. The van der Waals surface area contributed by atoms with Crippen LogP contribution in [0.15, 0.2) is 0 Å². The van der Waals surface area contributed by atoms with Gasteiger partial charge in [0, 0.05) is 13.1 Å². The van der Waals surface area contributed by atoms with Gasteiger partial charge in [0.1, 0.15) is 0 Å². The van der Waals surface area contributed by atoms with Gasteiger partial charge in [-0.15, -0.1) is 0 Å². The van der Waals surface area contributed by atoms with E-state index in [0.29, 0.717) is 0 Å². The first-order chi connectivity index (χ1) is 5.83. The lowest BCUT2D eigenvalue weighted by Crippen LogP contribution is -2.37. The molecule has 0 saturated carbocycles. The van der Waals surface area contributed by atoms with Crippen molar-refractivity contribution in [2.24, 2.45) is 5.92 Å². The molecule has 72 valence electrons. The zero-order chi connectivity index (χ0) is 8.81. The van der Waals surface area contributed by atoms with Gasteiger partial charge in [0.25, 0.3) is 0 Å². The minimum atomic E-state index is 0.746. The van der Waals surface area contributed by atoms with Gasteiger partial charge < -0.3 is 4.74 Å². The molecule has 0 aliphatic carbocycles. The Morgan fingerprint density at radius 3 is 2.67 bits per heavy atom. The number of nitrogens with zero attached hydrogens (tertiary/aromatic N) is 1. The van der Waals surface area contributed by atoms with Crippen molar-refractivity contribution in [1.29, 1.82) is 0 Å². The maximum atomic E-state index is 5.28. The van der Waals surface area contributed by atoms with Crippen molar-refractivity contribution in [3.05, 3.63) is 0 Å². The second kappa shape index (κ2) is 5.84. The summed E-state index contributed by atoms with van der Waals surface area (Å²) < 4.78 is 5.28. The lowest BCUT2D eigenvalue weighted by Gasteiger charge is -2.27. The Bertz CT molecular complexity index is 115. The number of rotatable bonds is 4. The highest BCUT2D eigenvalue weighted by Gasteiger charge is 2.10. The summed E-state index contributed by atoms with van der Waals surface area (Å²) >= 11 is 4.27. The van der Waals surface area contributed by atoms with Gasteiger partial charge in [-0.3, -0.25) is 4.90 Å². The van der Waals surface area contributed by atoms with Gasteiger partial charge in [0.2, 0.25) is 0 Å². The quantitative estimate of drug-likeness (QED) is 0.669. The Hall–Kier alpha value is 0.270. The molecule has 0 aromatic heterocycles. The van der Waals surface area contributed by atoms with Gasteiger partial charge in [0.05, 0.1) is 13.2 Å². The van der Waals surface area contributed by atoms with Crippen LogP contribution in [-0.2, 0) is 4.74 Å². The Labute approximate surface area is 80.7 Å². The van der Waals surface area contributed by atoms with Crippen LogP contribution in [0.2, 0.25) is 0 Å². The van der Waals surface area contributed by atoms with Crippen molar-refractivity contribution in [2.45, 2.75) is 13.3 Å². The number of thiol groups is 1. The number of hydrogen-bond donors (Lipinski definition) is 1. The van der Waals surface area contributed by atoms with Crippen LogP contribution < -0.4 is 0 Å². The van der Waals surface area contributed by atoms with Crippen molar-refractivity contribution in [3.8, 4) is 0 Å². The molecule has 1 saturated heterocycles. The molecule has 0 aromatic carbocycles. The first-order valence-electron chi connectivity index (χ1n) is 4.74. The molecule has 1 unspecified atom stereocenters. The predicted octanol–water partition coefficient (Wildman–Crippen LogP) is 1.27. The zero-order valence-electron chi connectivity index (χ0n) is 7.83. The van der Waals surface area contributed by atoms with Gasteiger partial charge in [0.15, 0.2) is 0 Å². The topological polar surface area (TPSA) is 12.5 Å². The van der Waals surface area contributed by atoms with Crippen LogP contribution >= 0.6 is 12.6 Å². The van der Waals surface area contributed by atoms with Crippen LogP contribution in [0.4, 0.5) is 0 Å². The van der Waals surface area contributed by atoms with E-state index in [0.717, 1.165) is 38.0 Å². The molecule has 1 fully saturated rings. The predicted molar refractivity (Wildman–Crippen MR) is 54.9 cm³/mol. The molecule has 0 amide bonds. The van der Waals surface area contributed by atoms with Crippen molar-refractivity contribution >= 4 is 12.6 Å². The molecule has 0 radical (unpaired) electrons. The van der Waals surface area contributed by atoms with Gasteiger partial charge >= 0.3 is 0 Å². The highest BCUT2D eigenvalue weighted by molar-refractivity contribution is 7.80. The van der Waals surface area contributed by atoms with Crippen LogP contribution in [0.3, 0.4) is 0 Å². The van der Waals surface area contributed by atoms with Gasteiger partial charge in [-0.05, 0) is 24.6 Å². The van der Waals surface area contributed by atoms with E-state index < -0.39 is 0 Å². The van der Waals surface area contributed by atoms with Crippen LogP contribution in [0.1, 0.15) is 13.3 Å². The fraction of sp³-hybridized carbons (Fsp3) is 1.00. The van der Waals surface area contributed by atoms with E-state index in [1.807, 2.05) is 0 Å². The Balaban J connectivity index is 2.05. The summed E-state index contributed by atoms with van der Waals surface area (Å²) in [7, 11) is 0. The average molecular weight is 189 g/mol. The summed E-state index contributed by atoms with van der Waals surface area (Å²) in [5.41, 5.74) is 0. The number of morpholine rings is 1. The number of ether oxygens (including phenoxy) is 1. The molecule has 12 heavy (non-hydrogen) atoms. The molecule has 3 heteroatoms. The molecule has 0 N–H and O–H groups in total. The monoisotopic (exact) mass is 189 g/mol. The third-order valence-electron chi connectivity index (χ3n) is 2.35. The summed E-state index contributed by atoms with van der Waals surface area (Å²) in [6, 6.07) is 0. The maximum absolute atomic E-state index is 5.28. The molecule has 1 heterocycles. The van der Waals surface area contributed by atoms with E-state index in [-0.39, 0.29) is 0 Å². The Kier molecular flexibility index (Phi) is 5.04. The van der Waals surface area contributed by atoms with Crippen LogP contribution in [0, 0.1) is 5.92 Å². The van der Waals surface area contributed by atoms with E-state index in [1.54, 1.807) is 0 Å². The fourth-order valence-electron chi connectivity index (χ4n) is 1.32. The summed E-state index contributed by atoms with van der Waals surface area (Å²) in [4.78, 5) is 2.48. The minimum Gasteiger partial charge on any atom is -0.379 e. The molecule has 0 aromatic rings. The van der Waals surface area contributed by atoms with Crippen molar-refractivity contribution < 1.29 is 4.74 Å². The zero-order valence-corrected chi connectivity index (χ0v) is 8.72. The molecule has 1 aliphatic heterocycles. The SMILES string of the molecule is CC(CS)CCN1CCOCC1. The summed E-state index contributed by atoms with van der Waals surface area (Å²) in [6.45, 7) is 7.52. The van der Waals surface area contributed by atoms with Crippen LogP contribution in [0.5, 0.6) is 0 Å². The minimum absolute atomic E-state index is 0.746. The molecule has 2 nitrogen and oxygen atoms in total. The maximum Gasteiger partial charge on any atom is 0.0594 e. The molecular formula is C9H19NOS. The highest BCUT2D eigenvalue weighted by atomic mass is 32.1. The molecule has 0 spiro atoms. The van der Waals surface area contributed by atoms with E-state index in [2.05, 4.69) is 24.5 Å². The molecular weight excluding hydrogens is 170 g/mol. The second-order valence-electron chi connectivity index (χ2n) is 3.53. The summed E-state index contributed by atoms with van der Waals surface area (Å²) in [5.74, 6) is 1.75. The molecule has 1 rings (SSSR count). The van der Waals surface area contributed by atoms with E-state index >= 15 is 0 Å². The van der Waals surface area contributed by atoms with Crippen molar-refractivity contribution in [1.82, 2.24) is 4.90 Å². The molecule has 1 aliphatic rings. The lowest BCUT2D eigenvalue weighted by atomic mass is 10.1. The largest absolute Gasteiger partial charge is 0.379 e. The smallest absolute Gasteiger partial charge is 0.0594 e. The van der Waals surface area contributed by atoms with Gasteiger partial charge in [-0.25, -0.2) is 0 Å². The number of hydrogen-bond acceptors (Lipinski definition) is 3. The summed E-state index contributed by atoms with van der Waals surface area (Å²) in [5, 5.41) is 0. The Morgan fingerprint density at radius 2 is 2.08 bits per heavy atom.